The van der Waals surface area contributed by atoms with Crippen molar-refractivity contribution in [2.45, 2.75) is 31.5 Å². The zero-order valence-corrected chi connectivity index (χ0v) is 8.87. The Hall–Kier alpha value is 0.320. The lowest BCUT2D eigenvalue weighted by Gasteiger charge is -2.13. The average Bonchev–Trinajstić information content (AvgIpc) is 2.36. The van der Waals surface area contributed by atoms with E-state index in [0.29, 0.717) is 12.8 Å². The van der Waals surface area contributed by atoms with Gasteiger partial charge in [-0.2, -0.15) is 0 Å². The first kappa shape index (κ1) is 10.4. The number of hydrogen-bond donors (Lipinski definition) is 1. The highest BCUT2D eigenvalue weighted by atomic mass is 79.9. The minimum atomic E-state index is -3.31. The average molecular weight is 260 g/mol. The van der Waals surface area contributed by atoms with Gasteiger partial charge in [-0.05, 0) is 19.3 Å². The lowest BCUT2D eigenvalue weighted by atomic mass is 10.2. The molecular formula is C6H11BrFNO2S. The number of halogens is 2. The van der Waals surface area contributed by atoms with Gasteiger partial charge in [-0.25, -0.2) is 17.5 Å². The molecule has 0 unspecified atom stereocenters. The fourth-order valence-electron chi connectivity index (χ4n) is 1.31. The maximum Gasteiger partial charge on any atom is 0.221 e. The van der Waals surface area contributed by atoms with Crippen LogP contribution in [0.5, 0.6) is 0 Å². The Morgan fingerprint density at radius 2 is 2.17 bits per heavy atom. The molecule has 1 rings (SSSR count). The number of alkyl halides is 2. The van der Waals surface area contributed by atoms with E-state index < -0.39 is 22.2 Å². The van der Waals surface area contributed by atoms with Crippen LogP contribution in [-0.4, -0.2) is 25.3 Å². The van der Waals surface area contributed by atoms with Crippen LogP contribution >= 0.6 is 15.9 Å². The molecule has 1 N–H and O–H groups in total. The predicted octanol–water partition coefficient (Wildman–Crippen LogP) is 1.15. The Bertz CT molecular complexity index is 244. The highest BCUT2D eigenvalue weighted by Gasteiger charge is 2.29. The summed E-state index contributed by atoms with van der Waals surface area (Å²) in [6.07, 6.45) is 0.818. The van der Waals surface area contributed by atoms with Gasteiger partial charge in [-0.15, -0.1) is 0 Å². The van der Waals surface area contributed by atoms with Gasteiger partial charge >= 0.3 is 0 Å². The molecule has 12 heavy (non-hydrogen) atoms. The van der Waals surface area contributed by atoms with E-state index in [1.807, 2.05) is 0 Å². The van der Waals surface area contributed by atoms with Gasteiger partial charge in [-0.3, -0.25) is 0 Å². The van der Waals surface area contributed by atoms with Crippen molar-refractivity contribution in [1.82, 2.24) is 4.72 Å². The van der Waals surface area contributed by atoms with Crippen molar-refractivity contribution in [3.8, 4) is 0 Å². The summed E-state index contributed by atoms with van der Waals surface area (Å²) >= 11 is 2.83. The van der Waals surface area contributed by atoms with Gasteiger partial charge in [0.2, 0.25) is 10.0 Å². The van der Waals surface area contributed by atoms with E-state index in [0.717, 1.165) is 6.42 Å². The quantitative estimate of drug-likeness (QED) is 0.774. The third-order valence-electron chi connectivity index (χ3n) is 1.91. The van der Waals surface area contributed by atoms with Gasteiger partial charge in [0.15, 0.2) is 0 Å². The van der Waals surface area contributed by atoms with Crippen molar-refractivity contribution in [2.24, 2.45) is 0 Å². The van der Waals surface area contributed by atoms with E-state index in [1.54, 1.807) is 0 Å². The molecule has 0 spiro atoms. The van der Waals surface area contributed by atoms with E-state index in [9.17, 15) is 12.8 Å². The Kier molecular flexibility index (Phi) is 3.48. The number of nitrogens with one attached hydrogen (secondary N) is 1. The SMILES string of the molecule is O=S(=O)(CBr)N[C@H]1CCC[C@H]1F. The van der Waals surface area contributed by atoms with Gasteiger partial charge in [0.05, 0.1) is 6.04 Å². The first-order valence-electron chi connectivity index (χ1n) is 3.75. The highest BCUT2D eigenvalue weighted by Crippen LogP contribution is 2.22. The maximum absolute atomic E-state index is 12.9. The van der Waals surface area contributed by atoms with E-state index in [1.165, 1.54) is 0 Å². The van der Waals surface area contributed by atoms with Gasteiger partial charge < -0.3 is 0 Å². The summed E-state index contributed by atoms with van der Waals surface area (Å²) in [5, 5.41) is 0. The normalized spacial score (nSPS) is 30.8. The summed E-state index contributed by atoms with van der Waals surface area (Å²) in [4.78, 5) is 0. The standard InChI is InChI=1S/C6H11BrFNO2S/c7-4-12(10,11)9-6-3-1-2-5(6)8/h5-6,9H,1-4H2/t5-,6+/m1/s1. The molecule has 1 saturated carbocycles. The molecule has 0 bridgehead atoms. The van der Waals surface area contributed by atoms with Crippen LogP contribution in [0.15, 0.2) is 0 Å². The highest BCUT2D eigenvalue weighted by molar-refractivity contribution is 9.10. The monoisotopic (exact) mass is 259 g/mol. The first-order valence-corrected chi connectivity index (χ1v) is 6.52. The van der Waals surface area contributed by atoms with Gasteiger partial charge in [-0.1, -0.05) is 15.9 Å². The fraction of sp³-hybridized carbons (Fsp3) is 1.00. The molecule has 2 atom stereocenters. The third kappa shape index (κ3) is 2.67. The molecule has 0 saturated heterocycles. The largest absolute Gasteiger partial charge is 0.246 e. The first-order chi connectivity index (χ1) is 5.55. The van der Waals surface area contributed by atoms with Crippen molar-refractivity contribution in [1.29, 1.82) is 0 Å². The third-order valence-corrected chi connectivity index (χ3v) is 4.66. The summed E-state index contributed by atoms with van der Waals surface area (Å²) < 4.78 is 37.0. The minimum absolute atomic E-state index is 0.163. The van der Waals surface area contributed by atoms with Gasteiger partial charge in [0.1, 0.15) is 10.8 Å². The smallest absolute Gasteiger partial charge is 0.221 e. The number of sulfonamides is 1. The second-order valence-electron chi connectivity index (χ2n) is 2.90. The van der Waals surface area contributed by atoms with Crippen molar-refractivity contribution < 1.29 is 12.8 Å². The summed E-state index contributed by atoms with van der Waals surface area (Å²) in [6, 6.07) is -0.507. The lowest BCUT2D eigenvalue weighted by molar-refractivity contribution is 0.300. The molecule has 1 aliphatic rings. The summed E-state index contributed by atoms with van der Waals surface area (Å²) in [5.74, 6) is 0. The van der Waals surface area contributed by atoms with E-state index >= 15 is 0 Å². The molecular weight excluding hydrogens is 249 g/mol. The van der Waals surface area contributed by atoms with E-state index in [2.05, 4.69) is 20.7 Å². The zero-order valence-electron chi connectivity index (χ0n) is 6.46. The molecule has 0 aromatic rings. The fourth-order valence-corrected chi connectivity index (χ4v) is 2.50. The Balaban J connectivity index is 2.51. The molecule has 0 amide bonds. The molecule has 0 aliphatic heterocycles. The second kappa shape index (κ2) is 4.02. The topological polar surface area (TPSA) is 46.2 Å². The predicted molar refractivity (Wildman–Crippen MR) is 48.4 cm³/mol. The van der Waals surface area contributed by atoms with Crippen LogP contribution in [-0.2, 0) is 10.0 Å². The summed E-state index contributed by atoms with van der Waals surface area (Å²) in [6.45, 7) is 0. The number of hydrogen-bond acceptors (Lipinski definition) is 2. The molecule has 0 aromatic carbocycles. The molecule has 0 radical (unpaired) electrons. The second-order valence-corrected chi connectivity index (χ2v) is 5.95. The molecule has 0 aromatic heterocycles. The van der Waals surface area contributed by atoms with Crippen LogP contribution in [0.4, 0.5) is 4.39 Å². The Morgan fingerprint density at radius 1 is 1.50 bits per heavy atom. The molecule has 1 fully saturated rings. The van der Waals surface area contributed by atoms with Crippen LogP contribution in [0.3, 0.4) is 0 Å². The summed E-state index contributed by atoms with van der Waals surface area (Å²) in [7, 11) is -3.31. The van der Waals surface area contributed by atoms with Crippen molar-refractivity contribution in [3.63, 3.8) is 0 Å². The molecule has 72 valence electrons. The van der Waals surface area contributed by atoms with Gasteiger partial charge in [0.25, 0.3) is 0 Å². The van der Waals surface area contributed by atoms with Crippen LogP contribution in [0, 0.1) is 0 Å². The van der Waals surface area contributed by atoms with Crippen LogP contribution in [0.2, 0.25) is 0 Å². The maximum atomic E-state index is 12.9. The van der Waals surface area contributed by atoms with Crippen LogP contribution in [0.1, 0.15) is 19.3 Å². The minimum Gasteiger partial charge on any atom is -0.246 e. The lowest BCUT2D eigenvalue weighted by Crippen LogP contribution is -2.38. The van der Waals surface area contributed by atoms with Crippen molar-refractivity contribution in [2.75, 3.05) is 4.66 Å². The Morgan fingerprint density at radius 3 is 2.58 bits per heavy atom. The van der Waals surface area contributed by atoms with Gasteiger partial charge in [0, 0.05) is 0 Å². The van der Waals surface area contributed by atoms with Crippen molar-refractivity contribution in [3.05, 3.63) is 0 Å². The van der Waals surface area contributed by atoms with Crippen molar-refractivity contribution >= 4 is 26.0 Å². The van der Waals surface area contributed by atoms with Crippen LogP contribution < -0.4 is 4.72 Å². The van der Waals surface area contributed by atoms with E-state index in [-0.39, 0.29) is 4.66 Å². The zero-order chi connectivity index (χ0) is 9.19. The summed E-state index contributed by atoms with van der Waals surface area (Å²) in [5.41, 5.74) is 0. The Labute approximate surface area is 79.9 Å². The molecule has 1 aliphatic carbocycles. The molecule has 0 heterocycles. The molecule has 6 heteroatoms. The van der Waals surface area contributed by atoms with E-state index in [4.69, 9.17) is 0 Å². The molecule has 3 nitrogen and oxygen atoms in total. The number of rotatable bonds is 3. The van der Waals surface area contributed by atoms with Crippen LogP contribution in [0.25, 0.3) is 0 Å².